The van der Waals surface area contributed by atoms with Gasteiger partial charge in [0.15, 0.2) is 0 Å². The zero-order valence-corrected chi connectivity index (χ0v) is 17.9. The lowest BCUT2D eigenvalue weighted by Gasteiger charge is -2.12. The molecule has 0 bridgehead atoms. The molecular weight excluding hydrogens is 429 g/mol. The minimum Gasteiger partial charge on any atom is -0.333 e. The van der Waals surface area contributed by atoms with Crippen LogP contribution >= 0.6 is 0 Å². The normalized spacial score (nSPS) is 12.0. The highest BCUT2D eigenvalue weighted by Crippen LogP contribution is 2.33. The van der Waals surface area contributed by atoms with Gasteiger partial charge in [0, 0.05) is 42.5 Å². The molecule has 3 aromatic heterocycles. The van der Waals surface area contributed by atoms with Gasteiger partial charge in [0.25, 0.3) is 0 Å². The summed E-state index contributed by atoms with van der Waals surface area (Å²) in [6.45, 7) is 2.12. The summed E-state index contributed by atoms with van der Waals surface area (Å²) in [5.41, 5.74) is 2.75. The first kappa shape index (κ1) is 20.9. The smallest absolute Gasteiger partial charge is 0.333 e. The van der Waals surface area contributed by atoms with E-state index in [0.29, 0.717) is 27.7 Å². The van der Waals surface area contributed by atoms with Gasteiger partial charge in [-0.15, -0.1) is 0 Å². The number of aryl methyl sites for hydroxylation is 2. The van der Waals surface area contributed by atoms with Crippen LogP contribution in [0.15, 0.2) is 67.0 Å². The van der Waals surface area contributed by atoms with E-state index in [1.807, 2.05) is 24.6 Å². The summed E-state index contributed by atoms with van der Waals surface area (Å²) < 4.78 is 43.8. The molecule has 0 fully saturated rings. The molecule has 5 rings (SSSR count). The van der Waals surface area contributed by atoms with Gasteiger partial charge in [0.2, 0.25) is 5.78 Å². The van der Waals surface area contributed by atoms with Crippen LogP contribution in [0.5, 0.6) is 0 Å². The Hall–Kier alpha value is -3.94. The minimum atomic E-state index is -4.48. The highest BCUT2D eigenvalue weighted by Gasteiger charge is 2.31. The molecule has 33 heavy (non-hydrogen) atoms. The second kappa shape index (κ2) is 7.58. The van der Waals surface area contributed by atoms with Gasteiger partial charge in [-0.2, -0.15) is 13.2 Å². The molecule has 3 heterocycles. The number of hydrogen-bond donors (Lipinski definition) is 0. The van der Waals surface area contributed by atoms with Crippen molar-refractivity contribution in [3.05, 3.63) is 95.2 Å². The van der Waals surface area contributed by atoms with E-state index in [1.165, 1.54) is 6.07 Å². The van der Waals surface area contributed by atoms with E-state index in [9.17, 15) is 18.0 Å². The lowest BCUT2D eigenvalue weighted by atomic mass is 10.1. The van der Waals surface area contributed by atoms with E-state index in [4.69, 9.17) is 0 Å². The van der Waals surface area contributed by atoms with Crippen molar-refractivity contribution < 1.29 is 18.0 Å². The van der Waals surface area contributed by atoms with Crippen molar-refractivity contribution in [3.8, 4) is 0 Å². The second-order valence-electron chi connectivity index (χ2n) is 7.99. The van der Waals surface area contributed by atoms with E-state index >= 15 is 0 Å². The predicted octanol–water partition coefficient (Wildman–Crippen LogP) is 5.53. The highest BCUT2D eigenvalue weighted by molar-refractivity contribution is 6.11. The molecule has 0 unspecified atom stereocenters. The van der Waals surface area contributed by atoms with Gasteiger partial charge in [-0.05, 0) is 61.0 Å². The Kier molecular flexibility index (Phi) is 4.81. The summed E-state index contributed by atoms with van der Waals surface area (Å²) in [7, 11) is 1.90. The molecule has 0 atom stereocenters. The molecule has 0 amide bonds. The van der Waals surface area contributed by atoms with Crippen LogP contribution in [-0.4, -0.2) is 24.9 Å². The van der Waals surface area contributed by atoms with E-state index in [-0.39, 0.29) is 12.3 Å². The standard InChI is InChI=1S/C25H19F3N4O/c1-15-30-20-11-18(4-6-21(20)31(15)2)24(33)23-12-17-3-5-19(25(26,27)28)13-22(17)32(23)14-16-7-9-29-10-8-16/h3-13H,14H2,1-2H3. The molecule has 5 nitrogen and oxygen atoms in total. The number of halogens is 3. The number of benzene rings is 2. The highest BCUT2D eigenvalue weighted by atomic mass is 19.4. The Morgan fingerprint density at radius 2 is 1.73 bits per heavy atom. The number of alkyl halides is 3. The van der Waals surface area contributed by atoms with E-state index in [2.05, 4.69) is 9.97 Å². The van der Waals surface area contributed by atoms with Crippen LogP contribution in [0.1, 0.15) is 33.0 Å². The third-order valence-electron chi connectivity index (χ3n) is 5.92. The summed E-state index contributed by atoms with van der Waals surface area (Å²) in [6, 6.07) is 14.0. The number of fused-ring (bicyclic) bond motifs is 2. The zero-order chi connectivity index (χ0) is 23.3. The average Bonchev–Trinajstić information content (AvgIpc) is 3.29. The SMILES string of the molecule is Cc1nc2cc(C(=O)c3cc4ccc(C(F)(F)F)cc4n3Cc3ccncc3)ccc2n1C. The van der Waals surface area contributed by atoms with Crippen molar-refractivity contribution in [2.45, 2.75) is 19.6 Å². The molecule has 0 aliphatic rings. The number of carbonyl (C=O) groups is 1. The number of nitrogens with zero attached hydrogens (tertiary/aromatic N) is 4. The Morgan fingerprint density at radius 3 is 2.45 bits per heavy atom. The number of imidazole rings is 1. The first-order valence-corrected chi connectivity index (χ1v) is 10.3. The molecule has 0 N–H and O–H groups in total. The van der Waals surface area contributed by atoms with Crippen molar-refractivity contribution in [2.75, 3.05) is 0 Å². The molecule has 8 heteroatoms. The van der Waals surface area contributed by atoms with Gasteiger partial charge in [-0.25, -0.2) is 4.98 Å². The largest absolute Gasteiger partial charge is 0.416 e. The molecule has 0 spiro atoms. The Morgan fingerprint density at radius 1 is 0.970 bits per heavy atom. The van der Waals surface area contributed by atoms with Crippen molar-refractivity contribution in [2.24, 2.45) is 7.05 Å². The number of hydrogen-bond acceptors (Lipinski definition) is 3. The van der Waals surface area contributed by atoms with Gasteiger partial charge in [-0.1, -0.05) is 6.07 Å². The first-order valence-electron chi connectivity index (χ1n) is 10.3. The summed E-state index contributed by atoms with van der Waals surface area (Å²) in [4.78, 5) is 22.0. The predicted molar refractivity (Wildman–Crippen MR) is 119 cm³/mol. The lowest BCUT2D eigenvalue weighted by molar-refractivity contribution is -0.137. The fourth-order valence-electron chi connectivity index (χ4n) is 4.07. The van der Waals surface area contributed by atoms with Crippen LogP contribution in [0, 0.1) is 6.92 Å². The molecule has 166 valence electrons. The number of ketones is 1. The van der Waals surface area contributed by atoms with Crippen LogP contribution < -0.4 is 0 Å². The maximum atomic E-state index is 13.6. The van der Waals surface area contributed by atoms with Crippen molar-refractivity contribution in [1.82, 2.24) is 19.1 Å². The van der Waals surface area contributed by atoms with E-state index in [1.54, 1.807) is 47.3 Å². The molecule has 0 aliphatic carbocycles. The van der Waals surface area contributed by atoms with Gasteiger partial charge >= 0.3 is 6.18 Å². The molecule has 0 saturated carbocycles. The molecule has 2 aromatic carbocycles. The van der Waals surface area contributed by atoms with E-state index in [0.717, 1.165) is 29.0 Å². The molecule has 0 aliphatic heterocycles. The summed E-state index contributed by atoms with van der Waals surface area (Å²) in [5, 5.41) is 0.565. The van der Waals surface area contributed by atoms with E-state index < -0.39 is 11.7 Å². The molecule has 5 aromatic rings. The van der Waals surface area contributed by atoms with Gasteiger partial charge in [0.05, 0.1) is 22.3 Å². The quantitative estimate of drug-likeness (QED) is 0.340. The number of aromatic nitrogens is 4. The summed E-state index contributed by atoms with van der Waals surface area (Å²) in [6.07, 6.45) is -1.26. The Labute approximate surface area is 187 Å². The maximum absolute atomic E-state index is 13.6. The zero-order valence-electron chi connectivity index (χ0n) is 17.9. The monoisotopic (exact) mass is 448 g/mol. The van der Waals surface area contributed by atoms with Crippen LogP contribution in [0.3, 0.4) is 0 Å². The van der Waals surface area contributed by atoms with Crippen LogP contribution in [0.4, 0.5) is 13.2 Å². The fourth-order valence-corrected chi connectivity index (χ4v) is 4.07. The van der Waals surface area contributed by atoms with Crippen LogP contribution in [0.25, 0.3) is 21.9 Å². The second-order valence-corrected chi connectivity index (χ2v) is 7.99. The Balaban J connectivity index is 1.67. The third-order valence-corrected chi connectivity index (χ3v) is 5.92. The Bertz CT molecular complexity index is 1510. The molecule has 0 radical (unpaired) electrons. The summed E-state index contributed by atoms with van der Waals surface area (Å²) in [5.74, 6) is 0.542. The molecular formula is C25H19F3N4O. The van der Waals surface area contributed by atoms with Gasteiger partial charge < -0.3 is 9.13 Å². The number of carbonyl (C=O) groups excluding carboxylic acids is 1. The topological polar surface area (TPSA) is 52.7 Å². The number of rotatable bonds is 4. The average molecular weight is 448 g/mol. The summed E-state index contributed by atoms with van der Waals surface area (Å²) >= 11 is 0. The van der Waals surface area contributed by atoms with Crippen LogP contribution in [0.2, 0.25) is 0 Å². The van der Waals surface area contributed by atoms with Crippen molar-refractivity contribution in [1.29, 1.82) is 0 Å². The van der Waals surface area contributed by atoms with Crippen LogP contribution in [-0.2, 0) is 19.8 Å². The van der Waals surface area contributed by atoms with Gasteiger partial charge in [0.1, 0.15) is 5.82 Å². The van der Waals surface area contributed by atoms with Gasteiger partial charge in [-0.3, -0.25) is 9.78 Å². The maximum Gasteiger partial charge on any atom is 0.416 e. The van der Waals surface area contributed by atoms with Crippen molar-refractivity contribution in [3.63, 3.8) is 0 Å². The first-order chi connectivity index (χ1) is 15.7. The fraction of sp³-hybridized carbons (Fsp3) is 0.160. The number of pyridine rings is 1. The minimum absolute atomic E-state index is 0.235. The third kappa shape index (κ3) is 3.67. The van der Waals surface area contributed by atoms with Crippen molar-refractivity contribution >= 4 is 27.7 Å². The molecule has 0 saturated heterocycles. The lowest BCUT2D eigenvalue weighted by Crippen LogP contribution is -2.12.